The minimum Gasteiger partial charge on any atom is -0.493 e. The summed E-state index contributed by atoms with van der Waals surface area (Å²) in [5.41, 5.74) is 8.28. The van der Waals surface area contributed by atoms with Crippen molar-refractivity contribution in [2.24, 2.45) is 11.7 Å². The Labute approximate surface area is 91.4 Å². The van der Waals surface area contributed by atoms with Gasteiger partial charge in [-0.2, -0.15) is 0 Å². The van der Waals surface area contributed by atoms with Gasteiger partial charge in [-0.15, -0.1) is 0 Å². The molecule has 0 saturated heterocycles. The number of rotatable bonds is 4. The predicted molar refractivity (Wildman–Crippen MR) is 62.0 cm³/mol. The third-order valence-electron chi connectivity index (χ3n) is 2.83. The molecule has 0 amide bonds. The van der Waals surface area contributed by atoms with Gasteiger partial charge in [0.1, 0.15) is 5.75 Å². The Kier molecular flexibility index (Phi) is 2.96. The Morgan fingerprint density at radius 3 is 2.80 bits per heavy atom. The SMILES string of the molecule is Cc1ccc(OCC2CC2)c([C@H](C)N)c1. The summed E-state index contributed by atoms with van der Waals surface area (Å²) in [6.07, 6.45) is 2.64. The molecule has 0 heterocycles. The van der Waals surface area contributed by atoms with Crippen LogP contribution in [0.5, 0.6) is 5.75 Å². The topological polar surface area (TPSA) is 35.2 Å². The molecule has 2 nitrogen and oxygen atoms in total. The second kappa shape index (κ2) is 4.23. The Bertz CT molecular complexity index is 342. The fourth-order valence-electron chi connectivity index (χ4n) is 1.65. The van der Waals surface area contributed by atoms with Crippen molar-refractivity contribution in [1.82, 2.24) is 0 Å². The Morgan fingerprint density at radius 1 is 1.47 bits per heavy atom. The maximum Gasteiger partial charge on any atom is 0.124 e. The van der Waals surface area contributed by atoms with Crippen molar-refractivity contribution in [3.63, 3.8) is 0 Å². The van der Waals surface area contributed by atoms with Crippen molar-refractivity contribution < 1.29 is 4.74 Å². The molecule has 0 spiro atoms. The Morgan fingerprint density at radius 2 is 2.20 bits per heavy atom. The molecule has 0 radical (unpaired) electrons. The van der Waals surface area contributed by atoms with Gasteiger partial charge < -0.3 is 10.5 Å². The van der Waals surface area contributed by atoms with Crippen LogP contribution in [0.1, 0.15) is 36.9 Å². The number of hydrogen-bond acceptors (Lipinski definition) is 2. The molecule has 0 aromatic heterocycles. The fraction of sp³-hybridized carbons (Fsp3) is 0.538. The van der Waals surface area contributed by atoms with Gasteiger partial charge in [0.25, 0.3) is 0 Å². The van der Waals surface area contributed by atoms with E-state index in [2.05, 4.69) is 19.1 Å². The van der Waals surface area contributed by atoms with E-state index in [0.717, 1.165) is 23.8 Å². The summed E-state index contributed by atoms with van der Waals surface area (Å²) >= 11 is 0. The largest absolute Gasteiger partial charge is 0.493 e. The molecular formula is C13H19NO. The van der Waals surface area contributed by atoms with Gasteiger partial charge in [-0.05, 0) is 38.7 Å². The summed E-state index contributed by atoms with van der Waals surface area (Å²) in [7, 11) is 0. The highest BCUT2D eigenvalue weighted by molar-refractivity contribution is 5.38. The number of aryl methyl sites for hydroxylation is 1. The highest BCUT2D eigenvalue weighted by Crippen LogP contribution is 2.31. The molecule has 2 heteroatoms. The van der Waals surface area contributed by atoms with Crippen molar-refractivity contribution >= 4 is 0 Å². The maximum absolute atomic E-state index is 5.93. The summed E-state index contributed by atoms with van der Waals surface area (Å²) in [5.74, 6) is 1.75. The number of hydrogen-bond donors (Lipinski definition) is 1. The minimum atomic E-state index is 0.0408. The van der Waals surface area contributed by atoms with Gasteiger partial charge in [-0.25, -0.2) is 0 Å². The zero-order valence-electron chi connectivity index (χ0n) is 9.49. The summed E-state index contributed by atoms with van der Waals surface area (Å²) in [5, 5.41) is 0. The van der Waals surface area contributed by atoms with E-state index < -0.39 is 0 Å². The molecule has 1 aromatic carbocycles. The van der Waals surface area contributed by atoms with Crippen LogP contribution >= 0.6 is 0 Å². The van der Waals surface area contributed by atoms with Gasteiger partial charge in [0, 0.05) is 11.6 Å². The van der Waals surface area contributed by atoms with Crippen LogP contribution in [0.4, 0.5) is 0 Å². The van der Waals surface area contributed by atoms with E-state index in [-0.39, 0.29) is 6.04 Å². The van der Waals surface area contributed by atoms with Crippen LogP contribution in [-0.4, -0.2) is 6.61 Å². The molecule has 1 aliphatic carbocycles. The fourth-order valence-corrected chi connectivity index (χ4v) is 1.65. The van der Waals surface area contributed by atoms with E-state index in [1.165, 1.54) is 18.4 Å². The smallest absolute Gasteiger partial charge is 0.124 e. The minimum absolute atomic E-state index is 0.0408. The van der Waals surface area contributed by atoms with Crippen LogP contribution in [0.15, 0.2) is 18.2 Å². The lowest BCUT2D eigenvalue weighted by atomic mass is 10.1. The zero-order valence-corrected chi connectivity index (χ0v) is 9.49. The second-order valence-corrected chi connectivity index (χ2v) is 4.58. The Balaban J connectivity index is 2.12. The molecule has 0 unspecified atom stereocenters. The molecule has 2 N–H and O–H groups in total. The first-order chi connectivity index (χ1) is 7.16. The van der Waals surface area contributed by atoms with Crippen molar-refractivity contribution in [2.75, 3.05) is 6.61 Å². The molecule has 1 aromatic rings. The lowest BCUT2D eigenvalue weighted by Gasteiger charge is -2.14. The first kappa shape index (κ1) is 10.5. The third-order valence-corrected chi connectivity index (χ3v) is 2.83. The molecule has 2 rings (SSSR count). The standard InChI is InChI=1S/C13H19NO/c1-9-3-6-13(12(7-9)10(2)14)15-8-11-4-5-11/h3,6-7,10-11H,4-5,8,14H2,1-2H3/t10-/m0/s1. The quantitative estimate of drug-likeness (QED) is 0.820. The van der Waals surface area contributed by atoms with Gasteiger partial charge in [-0.3, -0.25) is 0 Å². The van der Waals surface area contributed by atoms with E-state index in [4.69, 9.17) is 10.5 Å². The molecule has 0 bridgehead atoms. The first-order valence-corrected chi connectivity index (χ1v) is 5.65. The maximum atomic E-state index is 5.93. The molecule has 1 aliphatic rings. The average Bonchev–Trinajstić information content (AvgIpc) is 2.99. The Hall–Kier alpha value is -1.02. The van der Waals surface area contributed by atoms with Crippen LogP contribution in [0.25, 0.3) is 0 Å². The summed E-state index contributed by atoms with van der Waals surface area (Å²) in [4.78, 5) is 0. The average molecular weight is 205 g/mol. The van der Waals surface area contributed by atoms with Crippen molar-refractivity contribution in [1.29, 1.82) is 0 Å². The molecule has 1 atom stereocenters. The molecule has 15 heavy (non-hydrogen) atoms. The van der Waals surface area contributed by atoms with Crippen LogP contribution in [0.3, 0.4) is 0 Å². The lowest BCUT2D eigenvalue weighted by Crippen LogP contribution is -2.09. The zero-order chi connectivity index (χ0) is 10.8. The van der Waals surface area contributed by atoms with E-state index in [1.54, 1.807) is 0 Å². The highest BCUT2D eigenvalue weighted by Gasteiger charge is 2.22. The van der Waals surface area contributed by atoms with Crippen LogP contribution < -0.4 is 10.5 Å². The molecule has 1 fully saturated rings. The predicted octanol–water partition coefficient (Wildman–Crippen LogP) is 2.80. The van der Waals surface area contributed by atoms with Gasteiger partial charge in [-0.1, -0.05) is 17.7 Å². The van der Waals surface area contributed by atoms with E-state index in [0.29, 0.717) is 0 Å². The van der Waals surface area contributed by atoms with Crippen molar-refractivity contribution in [3.05, 3.63) is 29.3 Å². The van der Waals surface area contributed by atoms with E-state index in [9.17, 15) is 0 Å². The highest BCUT2D eigenvalue weighted by atomic mass is 16.5. The van der Waals surface area contributed by atoms with Gasteiger partial charge in [0.15, 0.2) is 0 Å². The second-order valence-electron chi connectivity index (χ2n) is 4.58. The summed E-state index contributed by atoms with van der Waals surface area (Å²) < 4.78 is 5.80. The van der Waals surface area contributed by atoms with Crippen LogP contribution in [-0.2, 0) is 0 Å². The van der Waals surface area contributed by atoms with Gasteiger partial charge >= 0.3 is 0 Å². The molecule has 0 aliphatic heterocycles. The number of benzene rings is 1. The normalized spacial score (nSPS) is 17.5. The first-order valence-electron chi connectivity index (χ1n) is 5.65. The summed E-state index contributed by atoms with van der Waals surface area (Å²) in [6, 6.07) is 6.27. The molecular weight excluding hydrogens is 186 g/mol. The van der Waals surface area contributed by atoms with Gasteiger partial charge in [0.2, 0.25) is 0 Å². The van der Waals surface area contributed by atoms with Crippen molar-refractivity contribution in [3.8, 4) is 5.75 Å². The van der Waals surface area contributed by atoms with Crippen LogP contribution in [0, 0.1) is 12.8 Å². The number of nitrogens with two attached hydrogens (primary N) is 1. The summed E-state index contributed by atoms with van der Waals surface area (Å²) in [6.45, 7) is 4.93. The number of ether oxygens (including phenoxy) is 1. The third kappa shape index (κ3) is 2.72. The monoisotopic (exact) mass is 205 g/mol. The van der Waals surface area contributed by atoms with Gasteiger partial charge in [0.05, 0.1) is 6.61 Å². The van der Waals surface area contributed by atoms with Crippen LogP contribution in [0.2, 0.25) is 0 Å². The molecule has 1 saturated carbocycles. The van der Waals surface area contributed by atoms with E-state index >= 15 is 0 Å². The van der Waals surface area contributed by atoms with E-state index in [1.807, 2.05) is 13.0 Å². The van der Waals surface area contributed by atoms with Crippen molar-refractivity contribution in [2.45, 2.75) is 32.7 Å². The lowest BCUT2D eigenvalue weighted by molar-refractivity contribution is 0.295. The molecule has 82 valence electrons.